The molecule has 5 aliphatic rings. The predicted octanol–water partition coefficient (Wildman–Crippen LogP) is 4.59. The maximum atomic E-state index is 13.7. The van der Waals surface area contributed by atoms with E-state index in [1.54, 1.807) is 17.1 Å². The summed E-state index contributed by atoms with van der Waals surface area (Å²) in [4.78, 5) is 13.7. The van der Waals surface area contributed by atoms with E-state index in [-0.39, 0.29) is 11.3 Å². The summed E-state index contributed by atoms with van der Waals surface area (Å²) >= 11 is 0. The Morgan fingerprint density at radius 2 is 1.94 bits per heavy atom. The first-order chi connectivity index (χ1) is 15.3. The van der Waals surface area contributed by atoms with Gasteiger partial charge in [0.1, 0.15) is 6.07 Å². The van der Waals surface area contributed by atoms with E-state index in [9.17, 15) is 9.90 Å². The van der Waals surface area contributed by atoms with Crippen LogP contribution in [0.15, 0.2) is 12.4 Å². The van der Waals surface area contributed by atoms with Crippen molar-refractivity contribution in [3.63, 3.8) is 0 Å². The molecule has 6 rings (SSSR count). The van der Waals surface area contributed by atoms with E-state index in [4.69, 9.17) is 5.26 Å². The van der Waals surface area contributed by atoms with Crippen molar-refractivity contribution in [3.8, 4) is 6.07 Å². The Hall–Kier alpha value is -1.67. The van der Waals surface area contributed by atoms with E-state index in [0.717, 1.165) is 36.5 Å². The molecule has 10 atom stereocenters. The molecule has 5 saturated carbocycles. The van der Waals surface area contributed by atoms with E-state index >= 15 is 0 Å². The number of rotatable bonds is 3. The Balaban J connectivity index is 1.24. The SMILES string of the molecule is C[C@@]1(O)CC[C@H]2[C@H](CC[C@@H]3[C@@H]2CC[C@@]2(C)[C@H]3C[C@H]3C[C@H]3[C@@H]2C(=O)Cn2cc(C#N)cn2)C1. The molecule has 0 unspecified atom stereocenters. The standard InChI is InChI=1S/C27H37N3O2/c1-26(32)7-5-19-17(11-26)3-4-21-20(19)6-8-27(2)23(21)10-18-9-22(18)25(27)24(31)15-30-14-16(12-28)13-29-30/h13-14,17-23,25,32H,3-11,15H2,1-2H3/t17-,18-,19+,20-,21-,22-,23+,25-,26-,27+/m1/s1. The number of nitriles is 1. The van der Waals surface area contributed by atoms with Crippen molar-refractivity contribution in [2.24, 2.45) is 52.8 Å². The molecule has 172 valence electrons. The molecule has 0 amide bonds. The van der Waals surface area contributed by atoms with Crippen molar-refractivity contribution in [1.82, 2.24) is 9.78 Å². The van der Waals surface area contributed by atoms with E-state index in [1.807, 2.05) is 6.92 Å². The summed E-state index contributed by atoms with van der Waals surface area (Å²) in [5.74, 6) is 5.57. The third-order valence-corrected chi connectivity index (χ3v) is 10.8. The molecule has 1 aromatic rings. The summed E-state index contributed by atoms with van der Waals surface area (Å²) in [6, 6.07) is 2.12. The van der Waals surface area contributed by atoms with Crippen molar-refractivity contribution in [3.05, 3.63) is 18.0 Å². The summed E-state index contributed by atoms with van der Waals surface area (Å²) in [5.41, 5.74) is 0.186. The van der Waals surface area contributed by atoms with Gasteiger partial charge in [-0.25, -0.2) is 0 Å². The van der Waals surface area contributed by atoms with Crippen LogP contribution in [-0.2, 0) is 11.3 Å². The van der Waals surface area contributed by atoms with Crippen LogP contribution in [0.1, 0.15) is 77.2 Å². The number of hydrogen-bond acceptors (Lipinski definition) is 4. The third kappa shape index (κ3) is 3.20. The fourth-order valence-electron chi connectivity index (χ4n) is 9.40. The van der Waals surface area contributed by atoms with Gasteiger partial charge in [-0.3, -0.25) is 9.48 Å². The van der Waals surface area contributed by atoms with Crippen LogP contribution >= 0.6 is 0 Å². The Morgan fingerprint density at radius 1 is 1.12 bits per heavy atom. The molecule has 0 bridgehead atoms. The van der Waals surface area contributed by atoms with Crippen LogP contribution in [0.3, 0.4) is 0 Å². The van der Waals surface area contributed by atoms with Gasteiger partial charge in [0.05, 0.1) is 23.9 Å². The number of carbonyl (C=O) groups excluding carboxylic acids is 1. The second-order valence-corrected chi connectivity index (χ2v) is 12.6. The number of Topliss-reactive ketones (excluding diaryl/α,β-unsaturated/α-hetero) is 1. The summed E-state index contributed by atoms with van der Waals surface area (Å²) in [6.45, 7) is 4.80. The van der Waals surface area contributed by atoms with Crippen LogP contribution in [0.25, 0.3) is 0 Å². The van der Waals surface area contributed by atoms with Gasteiger partial charge in [-0.1, -0.05) is 6.92 Å². The van der Waals surface area contributed by atoms with Crippen molar-refractivity contribution in [1.29, 1.82) is 5.26 Å². The molecule has 5 aliphatic carbocycles. The van der Waals surface area contributed by atoms with E-state index in [0.29, 0.717) is 35.6 Å². The first-order valence-electron chi connectivity index (χ1n) is 13.0. The quantitative estimate of drug-likeness (QED) is 0.753. The molecule has 1 N–H and O–H groups in total. The second-order valence-electron chi connectivity index (χ2n) is 12.6. The zero-order chi connectivity index (χ0) is 22.3. The minimum atomic E-state index is -0.460. The molecule has 0 saturated heterocycles. The summed E-state index contributed by atoms with van der Waals surface area (Å²) in [7, 11) is 0. The van der Waals surface area contributed by atoms with Crippen LogP contribution in [0.2, 0.25) is 0 Å². The number of ketones is 1. The second kappa shape index (κ2) is 7.16. The van der Waals surface area contributed by atoms with Gasteiger partial charge in [-0.2, -0.15) is 10.4 Å². The van der Waals surface area contributed by atoms with Crippen molar-refractivity contribution in [2.45, 2.75) is 83.8 Å². The molecule has 5 nitrogen and oxygen atoms in total. The monoisotopic (exact) mass is 435 g/mol. The minimum absolute atomic E-state index is 0.119. The van der Waals surface area contributed by atoms with E-state index in [1.165, 1.54) is 44.9 Å². The highest BCUT2D eigenvalue weighted by atomic mass is 16.3. The summed E-state index contributed by atoms with van der Waals surface area (Å²) in [6.07, 6.45) is 14.0. The van der Waals surface area contributed by atoms with Gasteiger partial charge in [0.15, 0.2) is 5.78 Å². The van der Waals surface area contributed by atoms with E-state index in [2.05, 4.69) is 18.1 Å². The fourth-order valence-corrected chi connectivity index (χ4v) is 9.40. The normalized spacial score (nSPS) is 49.1. The number of nitrogens with zero attached hydrogens (tertiary/aromatic N) is 3. The average Bonchev–Trinajstić information content (AvgIpc) is 3.36. The molecular formula is C27H37N3O2. The highest BCUT2D eigenvalue weighted by Gasteiger charge is 2.65. The van der Waals surface area contributed by atoms with Gasteiger partial charge in [0.2, 0.25) is 0 Å². The molecule has 32 heavy (non-hydrogen) atoms. The maximum absolute atomic E-state index is 13.7. The third-order valence-electron chi connectivity index (χ3n) is 10.8. The Kier molecular flexibility index (Phi) is 4.68. The minimum Gasteiger partial charge on any atom is -0.390 e. The number of aromatic nitrogens is 2. The Labute approximate surface area is 191 Å². The van der Waals surface area contributed by atoms with Crippen molar-refractivity contribution < 1.29 is 9.90 Å². The van der Waals surface area contributed by atoms with Gasteiger partial charge in [-0.15, -0.1) is 0 Å². The molecule has 0 aliphatic heterocycles. The maximum Gasteiger partial charge on any atom is 0.158 e. The lowest BCUT2D eigenvalue weighted by molar-refractivity contribution is -0.150. The largest absolute Gasteiger partial charge is 0.390 e. The fraction of sp³-hybridized carbons (Fsp3) is 0.815. The molecule has 0 aromatic carbocycles. The smallest absolute Gasteiger partial charge is 0.158 e. The van der Waals surface area contributed by atoms with Gasteiger partial charge in [0.25, 0.3) is 0 Å². The highest BCUT2D eigenvalue weighted by molar-refractivity contribution is 5.82. The highest BCUT2D eigenvalue weighted by Crippen LogP contribution is 2.70. The van der Waals surface area contributed by atoms with Crippen LogP contribution in [-0.4, -0.2) is 26.3 Å². The lowest BCUT2D eigenvalue weighted by atomic mass is 9.44. The van der Waals surface area contributed by atoms with Crippen LogP contribution in [0.5, 0.6) is 0 Å². The van der Waals surface area contributed by atoms with Crippen LogP contribution < -0.4 is 0 Å². The van der Waals surface area contributed by atoms with Crippen LogP contribution in [0.4, 0.5) is 0 Å². The van der Waals surface area contributed by atoms with Crippen molar-refractivity contribution >= 4 is 5.78 Å². The number of carbonyl (C=O) groups is 1. The van der Waals surface area contributed by atoms with E-state index < -0.39 is 5.60 Å². The van der Waals surface area contributed by atoms with Gasteiger partial charge in [-0.05, 0) is 112 Å². The lowest BCUT2D eigenvalue weighted by Gasteiger charge is -2.60. The van der Waals surface area contributed by atoms with Crippen molar-refractivity contribution in [2.75, 3.05) is 0 Å². The summed E-state index contributed by atoms with van der Waals surface area (Å²) in [5, 5.41) is 24.0. The van der Waals surface area contributed by atoms with Gasteiger partial charge in [0, 0.05) is 12.1 Å². The molecule has 0 spiro atoms. The van der Waals surface area contributed by atoms with Gasteiger partial charge >= 0.3 is 0 Å². The average molecular weight is 436 g/mol. The molecule has 1 aromatic heterocycles. The van der Waals surface area contributed by atoms with Gasteiger partial charge < -0.3 is 5.11 Å². The first kappa shape index (κ1) is 20.9. The molecule has 5 fully saturated rings. The number of fused-ring (bicyclic) bond motifs is 6. The molecule has 1 heterocycles. The number of hydrogen-bond donors (Lipinski definition) is 1. The van der Waals surface area contributed by atoms with Crippen LogP contribution in [0, 0.1) is 64.1 Å². The molecule has 5 heteroatoms. The Bertz CT molecular complexity index is 960. The Morgan fingerprint density at radius 3 is 2.72 bits per heavy atom. The topological polar surface area (TPSA) is 78.9 Å². The first-order valence-corrected chi connectivity index (χ1v) is 13.0. The molecular weight excluding hydrogens is 398 g/mol. The zero-order valence-electron chi connectivity index (χ0n) is 19.5. The predicted molar refractivity (Wildman–Crippen MR) is 120 cm³/mol. The zero-order valence-corrected chi connectivity index (χ0v) is 19.5. The summed E-state index contributed by atoms with van der Waals surface area (Å²) < 4.78 is 1.68. The number of aliphatic hydroxyl groups is 1. The molecule has 0 radical (unpaired) electrons. The lowest BCUT2D eigenvalue weighted by Crippen LogP contribution is -2.55.